The molecule has 0 fully saturated rings. The van der Waals surface area contributed by atoms with Gasteiger partial charge in [0.2, 0.25) is 5.95 Å². The molecule has 0 saturated carbocycles. The van der Waals surface area contributed by atoms with E-state index in [-0.39, 0.29) is 5.56 Å². The van der Waals surface area contributed by atoms with Crippen LogP contribution in [-0.2, 0) is 17.8 Å². The third kappa shape index (κ3) is 2.82. The van der Waals surface area contributed by atoms with Crippen molar-refractivity contribution in [1.29, 1.82) is 0 Å². The van der Waals surface area contributed by atoms with Crippen molar-refractivity contribution in [3.8, 4) is 5.75 Å². The fourth-order valence-corrected chi connectivity index (χ4v) is 2.48. The van der Waals surface area contributed by atoms with E-state index in [9.17, 15) is 4.79 Å². The molecule has 0 radical (unpaired) electrons. The highest BCUT2D eigenvalue weighted by Gasteiger charge is 2.19. The topological polar surface area (TPSA) is 67.5 Å². The zero-order chi connectivity index (χ0) is 15.5. The molecule has 0 spiro atoms. The molecule has 0 amide bonds. The molecule has 1 aromatic heterocycles. The summed E-state index contributed by atoms with van der Waals surface area (Å²) in [6, 6.07) is 7.77. The number of aromatic amines is 1. The normalized spacial score (nSPS) is 12.8. The lowest BCUT2D eigenvalue weighted by molar-refractivity contribution is 0.206. The summed E-state index contributed by atoms with van der Waals surface area (Å²) in [6.45, 7) is 1.53. The second-order valence-corrected chi connectivity index (χ2v) is 5.30. The van der Waals surface area contributed by atoms with Crippen LogP contribution in [0.2, 0.25) is 0 Å². The Labute approximate surface area is 128 Å². The summed E-state index contributed by atoms with van der Waals surface area (Å²) in [5.41, 5.74) is 2.27. The number of aromatic nitrogens is 2. The second-order valence-electron chi connectivity index (χ2n) is 5.30. The predicted octanol–water partition coefficient (Wildman–Crippen LogP) is 1.34. The van der Waals surface area contributed by atoms with E-state index < -0.39 is 0 Å². The van der Waals surface area contributed by atoms with E-state index in [0.717, 1.165) is 11.3 Å². The predicted molar refractivity (Wildman–Crippen MR) is 83.6 cm³/mol. The summed E-state index contributed by atoms with van der Waals surface area (Å²) in [5, 5.41) is 0. The Morgan fingerprint density at radius 2 is 2.23 bits per heavy atom. The molecule has 2 aromatic rings. The molecular weight excluding hydrogens is 282 g/mol. The molecule has 1 aliphatic rings. The lowest BCUT2D eigenvalue weighted by Crippen LogP contribution is -2.29. The van der Waals surface area contributed by atoms with E-state index >= 15 is 0 Å². The number of nitrogens with zero attached hydrogens (tertiary/aromatic N) is 2. The van der Waals surface area contributed by atoms with Gasteiger partial charge in [0.15, 0.2) is 0 Å². The first-order valence-corrected chi connectivity index (χ1v) is 7.22. The Hall–Kier alpha value is -2.34. The summed E-state index contributed by atoms with van der Waals surface area (Å²) in [5.74, 6) is 1.35. The van der Waals surface area contributed by atoms with E-state index in [2.05, 4.69) is 9.97 Å². The van der Waals surface area contributed by atoms with Crippen molar-refractivity contribution in [3.05, 3.63) is 51.4 Å². The number of para-hydroxylation sites is 1. The van der Waals surface area contributed by atoms with Gasteiger partial charge in [-0.2, -0.15) is 0 Å². The van der Waals surface area contributed by atoms with Crippen molar-refractivity contribution in [2.75, 3.05) is 32.2 Å². The summed E-state index contributed by atoms with van der Waals surface area (Å²) >= 11 is 0. The maximum Gasteiger partial charge on any atom is 0.256 e. The number of hydrogen-bond acceptors (Lipinski definition) is 5. The number of benzene rings is 1. The average Bonchev–Trinajstić information content (AvgIpc) is 2.72. The monoisotopic (exact) mass is 301 g/mol. The van der Waals surface area contributed by atoms with E-state index in [1.54, 1.807) is 7.11 Å². The molecule has 1 aromatic carbocycles. The second kappa shape index (κ2) is 6.19. The van der Waals surface area contributed by atoms with Gasteiger partial charge in [-0.05, 0) is 11.6 Å². The van der Waals surface area contributed by atoms with Crippen LogP contribution in [0.15, 0.2) is 29.1 Å². The highest BCUT2D eigenvalue weighted by Crippen LogP contribution is 2.26. The number of nitrogens with one attached hydrogen (secondary N) is 1. The fraction of sp³-hybridized carbons (Fsp3) is 0.375. The van der Waals surface area contributed by atoms with Crippen LogP contribution >= 0.6 is 0 Å². The van der Waals surface area contributed by atoms with Crippen molar-refractivity contribution in [2.45, 2.75) is 13.0 Å². The third-order valence-corrected chi connectivity index (χ3v) is 3.79. The molecule has 0 atom stereocenters. The largest absolute Gasteiger partial charge is 0.487 e. The van der Waals surface area contributed by atoms with Crippen LogP contribution in [0.4, 0.5) is 5.95 Å². The number of likely N-dealkylation sites (N-methyl/N-ethyl adjacent to an activating group) is 1. The first-order chi connectivity index (χ1) is 10.7. The van der Waals surface area contributed by atoms with Gasteiger partial charge in [0.05, 0.1) is 12.3 Å². The summed E-state index contributed by atoms with van der Waals surface area (Å²) < 4.78 is 10.8. The minimum Gasteiger partial charge on any atom is -0.487 e. The van der Waals surface area contributed by atoms with Crippen LogP contribution < -0.4 is 15.2 Å². The third-order valence-electron chi connectivity index (χ3n) is 3.79. The Morgan fingerprint density at radius 3 is 3.05 bits per heavy atom. The highest BCUT2D eigenvalue weighted by molar-refractivity contribution is 5.42. The van der Waals surface area contributed by atoms with Gasteiger partial charge in [0, 0.05) is 32.7 Å². The summed E-state index contributed by atoms with van der Waals surface area (Å²) in [7, 11) is 3.52. The van der Waals surface area contributed by atoms with Crippen molar-refractivity contribution >= 4 is 5.95 Å². The van der Waals surface area contributed by atoms with Gasteiger partial charge in [-0.15, -0.1) is 0 Å². The Kier molecular flexibility index (Phi) is 4.11. The molecule has 0 unspecified atom stereocenters. The van der Waals surface area contributed by atoms with E-state index in [4.69, 9.17) is 9.47 Å². The van der Waals surface area contributed by atoms with Gasteiger partial charge >= 0.3 is 0 Å². The lowest BCUT2D eigenvalue weighted by Gasteiger charge is -2.18. The number of methoxy groups -OCH3 is 1. The zero-order valence-corrected chi connectivity index (χ0v) is 12.8. The quantitative estimate of drug-likeness (QED) is 0.923. The van der Waals surface area contributed by atoms with Gasteiger partial charge in [-0.3, -0.25) is 9.78 Å². The minimum atomic E-state index is -0.107. The molecule has 6 nitrogen and oxygen atoms in total. The highest BCUT2D eigenvalue weighted by atomic mass is 16.5. The van der Waals surface area contributed by atoms with Crippen LogP contribution in [-0.4, -0.2) is 37.3 Å². The van der Waals surface area contributed by atoms with Crippen LogP contribution in [0.5, 0.6) is 5.75 Å². The molecule has 3 rings (SSSR count). The standard InChI is InChI=1S/C16H19N3O3/c1-19(7-8-21-2)16-17-13-10-22-14-6-4-3-5-11(14)9-12(13)15(20)18-16/h3-6H,7-10H2,1-2H3,(H,17,18,20). The van der Waals surface area contributed by atoms with E-state index in [0.29, 0.717) is 43.4 Å². The smallest absolute Gasteiger partial charge is 0.256 e. The zero-order valence-electron chi connectivity index (χ0n) is 12.8. The maximum absolute atomic E-state index is 12.4. The Morgan fingerprint density at radius 1 is 1.41 bits per heavy atom. The van der Waals surface area contributed by atoms with Gasteiger partial charge < -0.3 is 14.4 Å². The number of hydrogen-bond donors (Lipinski definition) is 1. The molecule has 0 bridgehead atoms. The summed E-state index contributed by atoms with van der Waals surface area (Å²) in [6.07, 6.45) is 0.538. The lowest BCUT2D eigenvalue weighted by atomic mass is 10.1. The van der Waals surface area contributed by atoms with Crippen LogP contribution in [0.25, 0.3) is 0 Å². The molecule has 2 heterocycles. The molecule has 0 aliphatic carbocycles. The fourth-order valence-electron chi connectivity index (χ4n) is 2.48. The molecule has 6 heteroatoms. The van der Waals surface area contributed by atoms with Gasteiger partial charge in [-0.25, -0.2) is 4.98 Å². The van der Waals surface area contributed by atoms with Crippen molar-refractivity contribution < 1.29 is 9.47 Å². The van der Waals surface area contributed by atoms with Crippen LogP contribution in [0.3, 0.4) is 0 Å². The molecule has 1 N–H and O–H groups in total. The van der Waals surface area contributed by atoms with Crippen molar-refractivity contribution in [1.82, 2.24) is 9.97 Å². The molecule has 0 saturated heterocycles. The van der Waals surface area contributed by atoms with Gasteiger partial charge in [0.25, 0.3) is 5.56 Å². The number of H-pyrrole nitrogens is 1. The van der Waals surface area contributed by atoms with Crippen molar-refractivity contribution in [2.24, 2.45) is 0 Å². The molecular formula is C16H19N3O3. The van der Waals surface area contributed by atoms with Crippen LogP contribution in [0.1, 0.15) is 16.8 Å². The maximum atomic E-state index is 12.4. The van der Waals surface area contributed by atoms with E-state index in [1.807, 2.05) is 36.2 Å². The number of fused-ring (bicyclic) bond motifs is 2. The molecule has 1 aliphatic heterocycles. The Bertz CT molecular complexity index is 727. The first-order valence-electron chi connectivity index (χ1n) is 7.22. The van der Waals surface area contributed by atoms with E-state index in [1.165, 1.54) is 0 Å². The minimum absolute atomic E-state index is 0.107. The Balaban J connectivity index is 1.94. The van der Waals surface area contributed by atoms with Gasteiger partial charge in [0.1, 0.15) is 12.4 Å². The SMILES string of the molecule is COCCN(C)c1nc2c(c(=O)[nH]1)Cc1ccccc1OC2. The van der Waals surface area contributed by atoms with Crippen LogP contribution in [0, 0.1) is 0 Å². The molecule has 116 valence electrons. The molecule has 22 heavy (non-hydrogen) atoms. The number of rotatable bonds is 4. The number of anilines is 1. The van der Waals surface area contributed by atoms with Gasteiger partial charge in [-0.1, -0.05) is 18.2 Å². The van der Waals surface area contributed by atoms with Crippen molar-refractivity contribution in [3.63, 3.8) is 0 Å². The summed E-state index contributed by atoms with van der Waals surface area (Å²) in [4.78, 5) is 21.7. The average molecular weight is 301 g/mol. The number of ether oxygens (including phenoxy) is 2. The first kappa shape index (κ1) is 14.6.